The van der Waals surface area contributed by atoms with Gasteiger partial charge in [0.05, 0.1) is 18.8 Å². The SMILES string of the molecule is CCCOc1cncc(C(NN)c2cc(Cl)ccc2I)c1. The molecule has 0 radical (unpaired) electrons. The largest absolute Gasteiger partial charge is 0.492 e. The monoisotopic (exact) mass is 417 g/mol. The molecule has 0 fully saturated rings. The van der Waals surface area contributed by atoms with Crippen LogP contribution in [0.2, 0.25) is 5.02 Å². The first-order valence-corrected chi connectivity index (χ1v) is 8.10. The van der Waals surface area contributed by atoms with E-state index < -0.39 is 0 Å². The van der Waals surface area contributed by atoms with Crippen molar-refractivity contribution in [3.05, 3.63) is 56.4 Å². The van der Waals surface area contributed by atoms with E-state index in [9.17, 15) is 0 Å². The number of nitrogens with one attached hydrogen (secondary N) is 1. The summed E-state index contributed by atoms with van der Waals surface area (Å²) < 4.78 is 6.70. The van der Waals surface area contributed by atoms with E-state index in [2.05, 4.69) is 39.9 Å². The van der Waals surface area contributed by atoms with Gasteiger partial charge >= 0.3 is 0 Å². The number of halogens is 2. The minimum atomic E-state index is -0.187. The summed E-state index contributed by atoms with van der Waals surface area (Å²) in [6.07, 6.45) is 4.44. The summed E-state index contributed by atoms with van der Waals surface area (Å²) in [4.78, 5) is 4.23. The Morgan fingerprint density at radius 3 is 2.90 bits per heavy atom. The minimum Gasteiger partial charge on any atom is -0.492 e. The maximum absolute atomic E-state index is 6.09. The van der Waals surface area contributed by atoms with Gasteiger partial charge in [0, 0.05) is 14.8 Å². The highest BCUT2D eigenvalue weighted by atomic mass is 127. The van der Waals surface area contributed by atoms with Crippen molar-refractivity contribution < 1.29 is 4.74 Å². The van der Waals surface area contributed by atoms with E-state index >= 15 is 0 Å². The third kappa shape index (κ3) is 4.29. The van der Waals surface area contributed by atoms with Crippen LogP contribution in [0, 0.1) is 3.57 Å². The van der Waals surface area contributed by atoms with Gasteiger partial charge in [-0.25, -0.2) is 5.43 Å². The zero-order valence-corrected chi connectivity index (χ0v) is 14.6. The lowest BCUT2D eigenvalue weighted by Gasteiger charge is -2.19. The van der Waals surface area contributed by atoms with E-state index in [0.717, 1.165) is 26.9 Å². The second-order valence-corrected chi connectivity index (χ2v) is 6.17. The third-order valence-corrected chi connectivity index (χ3v) is 4.19. The van der Waals surface area contributed by atoms with Crippen molar-refractivity contribution in [2.45, 2.75) is 19.4 Å². The predicted molar refractivity (Wildman–Crippen MR) is 93.4 cm³/mol. The molecule has 0 spiro atoms. The Bertz CT molecular complexity index is 609. The highest BCUT2D eigenvalue weighted by molar-refractivity contribution is 14.1. The first-order chi connectivity index (χ1) is 10.2. The molecule has 1 heterocycles. The average Bonchev–Trinajstić information content (AvgIpc) is 2.50. The van der Waals surface area contributed by atoms with Crippen LogP contribution in [0.1, 0.15) is 30.5 Å². The first kappa shape index (κ1) is 16.5. The molecule has 3 N–H and O–H groups in total. The Morgan fingerprint density at radius 1 is 1.38 bits per heavy atom. The summed E-state index contributed by atoms with van der Waals surface area (Å²) in [6.45, 7) is 2.73. The number of nitrogens with two attached hydrogens (primary N) is 1. The van der Waals surface area contributed by atoms with E-state index in [4.69, 9.17) is 22.2 Å². The number of ether oxygens (including phenoxy) is 1. The summed E-state index contributed by atoms with van der Waals surface area (Å²) in [6, 6.07) is 7.50. The molecule has 2 rings (SSSR count). The lowest BCUT2D eigenvalue weighted by molar-refractivity contribution is 0.315. The van der Waals surface area contributed by atoms with E-state index in [0.29, 0.717) is 11.6 Å². The van der Waals surface area contributed by atoms with Gasteiger partial charge in [0.25, 0.3) is 0 Å². The second-order valence-electron chi connectivity index (χ2n) is 4.57. The summed E-state index contributed by atoms with van der Waals surface area (Å²) in [5.74, 6) is 6.48. The number of benzene rings is 1. The quantitative estimate of drug-likeness (QED) is 0.428. The lowest BCUT2D eigenvalue weighted by Crippen LogP contribution is -2.29. The topological polar surface area (TPSA) is 60.2 Å². The van der Waals surface area contributed by atoms with E-state index in [-0.39, 0.29) is 6.04 Å². The van der Waals surface area contributed by atoms with Crippen LogP contribution in [0.4, 0.5) is 0 Å². The molecule has 0 saturated heterocycles. The zero-order valence-electron chi connectivity index (χ0n) is 11.6. The second kappa shape index (κ2) is 7.93. The lowest BCUT2D eigenvalue weighted by atomic mass is 10.0. The number of hydrazine groups is 1. The van der Waals surface area contributed by atoms with Gasteiger partial charge in [0.1, 0.15) is 5.75 Å². The molecule has 0 aliphatic rings. The van der Waals surface area contributed by atoms with Gasteiger partial charge in [-0.2, -0.15) is 0 Å². The molecular weight excluding hydrogens is 401 g/mol. The Labute approximate surface area is 143 Å². The van der Waals surface area contributed by atoms with Crippen LogP contribution < -0.4 is 16.0 Å². The summed E-state index contributed by atoms with van der Waals surface area (Å²) in [7, 11) is 0. The molecule has 0 bridgehead atoms. The average molecular weight is 418 g/mol. The number of hydrogen-bond acceptors (Lipinski definition) is 4. The minimum absolute atomic E-state index is 0.187. The van der Waals surface area contributed by atoms with Crippen molar-refractivity contribution in [3.8, 4) is 5.75 Å². The predicted octanol–water partition coefficient (Wildman–Crippen LogP) is 3.68. The van der Waals surface area contributed by atoms with Crippen molar-refractivity contribution in [3.63, 3.8) is 0 Å². The van der Waals surface area contributed by atoms with Crippen LogP contribution in [0.3, 0.4) is 0 Å². The third-order valence-electron chi connectivity index (χ3n) is 2.98. The Kier molecular flexibility index (Phi) is 6.22. The van der Waals surface area contributed by atoms with Crippen LogP contribution >= 0.6 is 34.2 Å². The first-order valence-electron chi connectivity index (χ1n) is 6.64. The van der Waals surface area contributed by atoms with Gasteiger partial charge in [0.15, 0.2) is 0 Å². The molecule has 0 aliphatic heterocycles. The fraction of sp³-hybridized carbons (Fsp3) is 0.267. The van der Waals surface area contributed by atoms with E-state index in [1.54, 1.807) is 12.4 Å². The maximum Gasteiger partial charge on any atom is 0.137 e. The fourth-order valence-electron chi connectivity index (χ4n) is 1.99. The van der Waals surface area contributed by atoms with Gasteiger partial charge in [-0.1, -0.05) is 18.5 Å². The molecule has 112 valence electrons. The van der Waals surface area contributed by atoms with E-state index in [1.165, 1.54) is 0 Å². The van der Waals surface area contributed by atoms with Gasteiger partial charge in [-0.15, -0.1) is 0 Å². The smallest absolute Gasteiger partial charge is 0.137 e. The molecule has 2 aromatic rings. The Balaban J connectivity index is 2.34. The summed E-state index contributed by atoms with van der Waals surface area (Å²) in [5, 5.41) is 0.678. The maximum atomic E-state index is 6.09. The molecule has 0 aliphatic carbocycles. The van der Waals surface area contributed by atoms with Crippen molar-refractivity contribution in [2.24, 2.45) is 5.84 Å². The zero-order chi connectivity index (χ0) is 15.2. The standard InChI is InChI=1S/C15H17ClIN3O/c1-2-5-21-12-6-10(8-19-9-12)15(20-18)13-7-11(16)3-4-14(13)17/h3-4,6-9,15,20H,2,5,18H2,1H3. The summed E-state index contributed by atoms with van der Waals surface area (Å²) in [5.41, 5.74) is 4.78. The molecular formula is C15H17ClIN3O. The molecule has 1 unspecified atom stereocenters. The normalized spacial score (nSPS) is 12.2. The molecule has 0 saturated carbocycles. The van der Waals surface area contributed by atoms with Gasteiger partial charge < -0.3 is 4.74 Å². The van der Waals surface area contributed by atoms with Crippen LogP contribution in [0.15, 0.2) is 36.7 Å². The van der Waals surface area contributed by atoms with Gasteiger partial charge in [-0.3, -0.25) is 10.8 Å². The van der Waals surface area contributed by atoms with Crippen LogP contribution in [-0.4, -0.2) is 11.6 Å². The highest BCUT2D eigenvalue weighted by Gasteiger charge is 2.17. The number of rotatable bonds is 6. The van der Waals surface area contributed by atoms with Crippen molar-refractivity contribution in [1.82, 2.24) is 10.4 Å². The molecule has 1 aromatic heterocycles. The van der Waals surface area contributed by atoms with Crippen LogP contribution in [-0.2, 0) is 0 Å². The molecule has 1 aromatic carbocycles. The summed E-state index contributed by atoms with van der Waals surface area (Å²) >= 11 is 8.36. The van der Waals surface area contributed by atoms with Gasteiger partial charge in [-0.05, 0) is 64.4 Å². The van der Waals surface area contributed by atoms with Crippen molar-refractivity contribution in [1.29, 1.82) is 0 Å². The molecule has 1 atom stereocenters. The molecule has 21 heavy (non-hydrogen) atoms. The number of hydrogen-bond donors (Lipinski definition) is 2. The molecule has 0 amide bonds. The number of nitrogens with zero attached hydrogens (tertiary/aromatic N) is 1. The van der Waals surface area contributed by atoms with Crippen LogP contribution in [0.5, 0.6) is 5.75 Å². The Hall–Kier alpha value is -0.890. The number of aromatic nitrogens is 1. The Morgan fingerprint density at radius 2 is 2.19 bits per heavy atom. The fourth-order valence-corrected chi connectivity index (χ4v) is 2.82. The highest BCUT2D eigenvalue weighted by Crippen LogP contribution is 2.29. The van der Waals surface area contributed by atoms with Crippen molar-refractivity contribution in [2.75, 3.05) is 6.61 Å². The molecule has 4 nitrogen and oxygen atoms in total. The number of pyridine rings is 1. The van der Waals surface area contributed by atoms with E-state index in [1.807, 2.05) is 24.3 Å². The van der Waals surface area contributed by atoms with Crippen molar-refractivity contribution >= 4 is 34.2 Å². The van der Waals surface area contributed by atoms with Crippen LogP contribution in [0.25, 0.3) is 0 Å². The molecule has 6 heteroatoms. The van der Waals surface area contributed by atoms with Gasteiger partial charge in [0.2, 0.25) is 0 Å².